The second-order valence-corrected chi connectivity index (χ2v) is 10.4. The summed E-state index contributed by atoms with van der Waals surface area (Å²) in [6.45, 7) is 0.538. The highest BCUT2D eigenvalue weighted by Crippen LogP contribution is 2.33. The van der Waals surface area contributed by atoms with Crippen LogP contribution in [0.15, 0.2) is 30.3 Å². The molecule has 1 amide bonds. The zero-order valence-electron chi connectivity index (χ0n) is 13.6. The molecule has 0 saturated heterocycles. The lowest BCUT2D eigenvalue weighted by atomic mass is 9.99. The van der Waals surface area contributed by atoms with Gasteiger partial charge in [-0.25, -0.2) is 14.8 Å². The molecule has 1 N–H and O–H groups in total. The monoisotopic (exact) mass is 327 g/mol. The Bertz CT molecular complexity index is 485. The molecule has 0 bridgehead atoms. The number of amides is 1. The van der Waals surface area contributed by atoms with Gasteiger partial charge in [-0.05, 0) is 24.3 Å². The molecule has 6 heteroatoms. The molecule has 0 aliphatic heterocycles. The molecule has 0 aliphatic carbocycles. The SMILES string of the molecule is COC(=O)C(CNC(=O)OCCS(C)(C)C)c1ccccc1. The third-order valence-corrected chi connectivity index (χ3v) is 4.46. The smallest absolute Gasteiger partial charge is 0.407 e. The predicted octanol–water partition coefficient (Wildman–Crippen LogP) is 2.36. The van der Waals surface area contributed by atoms with Gasteiger partial charge in [-0.1, -0.05) is 30.3 Å². The van der Waals surface area contributed by atoms with Crippen molar-refractivity contribution in [3.05, 3.63) is 35.9 Å². The number of esters is 1. The van der Waals surface area contributed by atoms with Crippen LogP contribution in [0.2, 0.25) is 0 Å². The molecule has 1 rings (SSSR count). The van der Waals surface area contributed by atoms with Crippen LogP contribution < -0.4 is 5.32 Å². The van der Waals surface area contributed by atoms with E-state index in [0.717, 1.165) is 11.3 Å². The van der Waals surface area contributed by atoms with Gasteiger partial charge in [0.1, 0.15) is 6.61 Å². The summed E-state index contributed by atoms with van der Waals surface area (Å²) in [4.78, 5) is 23.6. The van der Waals surface area contributed by atoms with Gasteiger partial charge in [0.2, 0.25) is 0 Å². The van der Waals surface area contributed by atoms with Gasteiger partial charge >= 0.3 is 12.1 Å². The summed E-state index contributed by atoms with van der Waals surface area (Å²) < 4.78 is 9.93. The summed E-state index contributed by atoms with van der Waals surface area (Å²) in [7, 11) is 0.645. The number of nitrogens with one attached hydrogen (secondary N) is 1. The lowest BCUT2D eigenvalue weighted by molar-refractivity contribution is -0.142. The maximum Gasteiger partial charge on any atom is 0.407 e. The predicted molar refractivity (Wildman–Crippen MR) is 90.8 cm³/mol. The number of carbonyl (C=O) groups is 2. The molecule has 22 heavy (non-hydrogen) atoms. The zero-order valence-corrected chi connectivity index (χ0v) is 14.4. The van der Waals surface area contributed by atoms with E-state index in [2.05, 4.69) is 24.1 Å². The molecular weight excluding hydrogens is 302 g/mol. The number of carbonyl (C=O) groups excluding carboxylic acids is 2. The van der Waals surface area contributed by atoms with Crippen LogP contribution in [-0.4, -0.2) is 56.8 Å². The fraction of sp³-hybridized carbons (Fsp3) is 0.500. The van der Waals surface area contributed by atoms with E-state index in [0.29, 0.717) is 6.61 Å². The van der Waals surface area contributed by atoms with Crippen LogP contribution >= 0.6 is 10.0 Å². The fourth-order valence-electron chi connectivity index (χ4n) is 1.79. The summed E-state index contributed by atoms with van der Waals surface area (Å²) in [6.07, 6.45) is 5.98. The number of ether oxygens (including phenoxy) is 2. The second-order valence-electron chi connectivity index (χ2n) is 5.80. The van der Waals surface area contributed by atoms with E-state index in [4.69, 9.17) is 9.47 Å². The summed E-state index contributed by atoms with van der Waals surface area (Å²) in [5.74, 6) is -0.0582. The molecule has 1 aromatic carbocycles. The number of benzene rings is 1. The number of rotatable bonds is 7. The van der Waals surface area contributed by atoms with Gasteiger partial charge in [-0.3, -0.25) is 4.79 Å². The maximum absolute atomic E-state index is 11.9. The van der Waals surface area contributed by atoms with E-state index in [1.807, 2.05) is 30.3 Å². The topological polar surface area (TPSA) is 64.6 Å². The number of alkyl carbamates (subject to hydrolysis) is 1. The highest BCUT2D eigenvalue weighted by atomic mass is 32.3. The quantitative estimate of drug-likeness (QED) is 0.781. The second kappa shape index (κ2) is 8.68. The van der Waals surface area contributed by atoms with Crippen LogP contribution in [0.3, 0.4) is 0 Å². The van der Waals surface area contributed by atoms with Crippen LogP contribution in [0.25, 0.3) is 0 Å². The van der Waals surface area contributed by atoms with Gasteiger partial charge in [-0.2, -0.15) is 0 Å². The molecule has 5 nitrogen and oxygen atoms in total. The van der Waals surface area contributed by atoms with Gasteiger partial charge in [0, 0.05) is 12.3 Å². The van der Waals surface area contributed by atoms with Gasteiger partial charge in [-0.15, -0.1) is 0 Å². The number of hydrogen-bond donors (Lipinski definition) is 1. The Morgan fingerprint density at radius 3 is 2.36 bits per heavy atom. The van der Waals surface area contributed by atoms with Crippen molar-refractivity contribution in [1.82, 2.24) is 5.32 Å². The summed E-state index contributed by atoms with van der Waals surface area (Å²) in [5, 5.41) is 2.63. The van der Waals surface area contributed by atoms with Crippen molar-refractivity contribution in [2.45, 2.75) is 5.92 Å². The van der Waals surface area contributed by atoms with Crippen molar-refractivity contribution in [1.29, 1.82) is 0 Å². The van der Waals surface area contributed by atoms with Crippen molar-refractivity contribution in [2.75, 3.05) is 44.8 Å². The van der Waals surface area contributed by atoms with E-state index in [-0.39, 0.29) is 12.5 Å². The van der Waals surface area contributed by atoms with Gasteiger partial charge < -0.3 is 14.8 Å². The van der Waals surface area contributed by atoms with Crippen LogP contribution in [0.1, 0.15) is 11.5 Å². The van der Waals surface area contributed by atoms with Crippen molar-refractivity contribution in [2.24, 2.45) is 0 Å². The molecular formula is C16H25NO4S. The Kier molecular flexibility index (Phi) is 7.24. The molecule has 1 aromatic rings. The van der Waals surface area contributed by atoms with Gasteiger partial charge in [0.25, 0.3) is 0 Å². The molecule has 1 unspecified atom stereocenters. The lowest BCUT2D eigenvalue weighted by Crippen LogP contribution is -2.33. The zero-order chi connectivity index (χ0) is 16.6. The molecule has 1 atom stereocenters. The normalized spacial score (nSPS) is 13.1. The molecule has 0 aromatic heterocycles. The number of methoxy groups -OCH3 is 1. The Balaban J connectivity index is 2.51. The summed E-state index contributed by atoms with van der Waals surface area (Å²) in [6, 6.07) is 9.22. The van der Waals surface area contributed by atoms with Crippen molar-refractivity contribution >= 4 is 22.1 Å². The van der Waals surface area contributed by atoms with Crippen LogP contribution in [0, 0.1) is 0 Å². The van der Waals surface area contributed by atoms with Crippen molar-refractivity contribution < 1.29 is 19.1 Å². The van der Waals surface area contributed by atoms with Crippen LogP contribution in [0.4, 0.5) is 4.79 Å². The molecule has 0 saturated carbocycles. The van der Waals surface area contributed by atoms with E-state index in [9.17, 15) is 9.59 Å². The third-order valence-electron chi connectivity index (χ3n) is 3.07. The Hall–Kier alpha value is -1.69. The Morgan fingerprint density at radius 1 is 1.18 bits per heavy atom. The molecule has 0 aliphatic rings. The standard InChI is InChI=1S/C16H25NO4S/c1-20-15(18)14(13-8-6-5-7-9-13)12-17-16(19)21-10-11-22(2,3)4/h5-9,14H,10-12H2,1-4H3,(H,17,19). The Labute approximate surface area is 133 Å². The third kappa shape index (κ3) is 6.85. The highest BCUT2D eigenvalue weighted by molar-refractivity contribution is 8.32. The first kappa shape index (κ1) is 18.4. The summed E-state index contributed by atoms with van der Waals surface area (Å²) in [5.41, 5.74) is 0.800. The molecule has 124 valence electrons. The number of hydrogen-bond acceptors (Lipinski definition) is 4. The highest BCUT2D eigenvalue weighted by Gasteiger charge is 2.22. The maximum atomic E-state index is 11.9. The minimum Gasteiger partial charge on any atom is -0.468 e. The molecule has 0 fully saturated rings. The first-order valence-electron chi connectivity index (χ1n) is 7.03. The fourth-order valence-corrected chi connectivity index (χ4v) is 2.37. The van der Waals surface area contributed by atoms with Crippen molar-refractivity contribution in [3.8, 4) is 0 Å². The Morgan fingerprint density at radius 2 is 1.82 bits per heavy atom. The van der Waals surface area contributed by atoms with E-state index < -0.39 is 22.0 Å². The lowest BCUT2D eigenvalue weighted by Gasteiger charge is -2.24. The van der Waals surface area contributed by atoms with E-state index >= 15 is 0 Å². The average Bonchev–Trinajstić information content (AvgIpc) is 2.47. The minimum absolute atomic E-state index is 0.151. The molecule has 0 spiro atoms. The average molecular weight is 327 g/mol. The van der Waals surface area contributed by atoms with Crippen LogP contribution in [-0.2, 0) is 14.3 Å². The molecule has 0 radical (unpaired) electrons. The summed E-state index contributed by atoms with van der Waals surface area (Å²) >= 11 is 0. The van der Waals surface area contributed by atoms with Gasteiger partial charge in [0.05, 0.1) is 13.0 Å². The first-order chi connectivity index (χ1) is 10.3. The van der Waals surface area contributed by atoms with Crippen LogP contribution in [0.5, 0.6) is 0 Å². The largest absolute Gasteiger partial charge is 0.468 e. The minimum atomic E-state index is -0.691. The van der Waals surface area contributed by atoms with E-state index in [1.165, 1.54) is 7.11 Å². The van der Waals surface area contributed by atoms with Gasteiger partial charge in [0.15, 0.2) is 0 Å². The van der Waals surface area contributed by atoms with Crippen molar-refractivity contribution in [3.63, 3.8) is 0 Å². The first-order valence-corrected chi connectivity index (χ1v) is 10.1. The van der Waals surface area contributed by atoms with E-state index in [1.54, 1.807) is 0 Å². The molecule has 0 heterocycles.